The lowest BCUT2D eigenvalue weighted by atomic mass is 10.2. The number of nitrogens with one attached hydrogen (secondary N) is 2. The summed E-state index contributed by atoms with van der Waals surface area (Å²) in [6.45, 7) is 0. The van der Waals surface area contributed by atoms with Gasteiger partial charge in [-0.2, -0.15) is 13.2 Å². The van der Waals surface area contributed by atoms with Crippen molar-refractivity contribution in [2.24, 2.45) is 0 Å². The number of hydrogen-bond donors (Lipinski definition) is 2. The van der Waals surface area contributed by atoms with Crippen molar-refractivity contribution in [3.63, 3.8) is 0 Å². The molecule has 0 aliphatic rings. The number of benzene rings is 1. The van der Waals surface area contributed by atoms with Crippen molar-refractivity contribution in [1.29, 1.82) is 0 Å². The third-order valence-electron chi connectivity index (χ3n) is 2.27. The Hall–Kier alpha value is -2.02. The number of hydrogen-bond acceptors (Lipinski definition) is 3. The van der Waals surface area contributed by atoms with Gasteiger partial charge in [0.05, 0.1) is 11.9 Å². The van der Waals surface area contributed by atoms with E-state index in [4.69, 9.17) is 11.6 Å². The zero-order chi connectivity index (χ0) is 14.0. The fraction of sp³-hybridized carbons (Fsp3) is 0.0909. The Bertz CT molecular complexity index is 637. The smallest absolute Gasteiger partial charge is 0.339 e. The van der Waals surface area contributed by atoms with E-state index < -0.39 is 17.3 Å². The molecular weight excluding hydrogens is 283 g/mol. The van der Waals surface area contributed by atoms with Crippen molar-refractivity contribution in [2.75, 3.05) is 5.32 Å². The molecule has 0 aliphatic carbocycles. The Morgan fingerprint density at radius 3 is 2.42 bits per heavy atom. The summed E-state index contributed by atoms with van der Waals surface area (Å²) in [5, 5.41) is 2.50. The number of aromatic amines is 1. The molecule has 1 aromatic carbocycles. The fourth-order valence-electron chi connectivity index (χ4n) is 1.35. The summed E-state index contributed by atoms with van der Waals surface area (Å²) >= 11 is 5.70. The third kappa shape index (κ3) is 3.05. The molecule has 0 spiro atoms. The van der Waals surface area contributed by atoms with Gasteiger partial charge in [0.2, 0.25) is 0 Å². The van der Waals surface area contributed by atoms with Gasteiger partial charge in [0.1, 0.15) is 5.02 Å². The van der Waals surface area contributed by atoms with E-state index in [0.29, 0.717) is 5.69 Å². The van der Waals surface area contributed by atoms with Crippen LogP contribution in [-0.4, -0.2) is 9.97 Å². The molecule has 2 N–H and O–H groups in total. The summed E-state index contributed by atoms with van der Waals surface area (Å²) in [6, 6.07) is 4.29. The molecule has 2 aromatic rings. The molecule has 19 heavy (non-hydrogen) atoms. The summed E-state index contributed by atoms with van der Waals surface area (Å²) in [4.78, 5) is 17.3. The highest BCUT2D eigenvalue weighted by molar-refractivity contribution is 6.32. The lowest BCUT2D eigenvalue weighted by Gasteiger charge is -2.09. The van der Waals surface area contributed by atoms with Gasteiger partial charge in [0, 0.05) is 5.69 Å². The Morgan fingerprint density at radius 2 is 1.84 bits per heavy atom. The van der Waals surface area contributed by atoms with E-state index in [1.165, 1.54) is 12.1 Å². The summed E-state index contributed by atoms with van der Waals surface area (Å²) in [7, 11) is 0. The summed E-state index contributed by atoms with van der Waals surface area (Å²) in [5.41, 5.74) is -0.956. The number of H-pyrrole nitrogens is 1. The average Bonchev–Trinajstić information content (AvgIpc) is 2.35. The van der Waals surface area contributed by atoms with Gasteiger partial charge < -0.3 is 10.3 Å². The topological polar surface area (TPSA) is 57.8 Å². The first-order valence-corrected chi connectivity index (χ1v) is 5.43. The van der Waals surface area contributed by atoms with E-state index in [2.05, 4.69) is 15.3 Å². The number of halogens is 4. The SMILES string of the molecule is O=c1[nH]cnc(Nc2ccc(C(F)(F)F)cc2)c1Cl. The monoisotopic (exact) mass is 289 g/mol. The van der Waals surface area contributed by atoms with Gasteiger partial charge in [-0.25, -0.2) is 4.98 Å². The maximum absolute atomic E-state index is 12.4. The van der Waals surface area contributed by atoms with Crippen LogP contribution in [-0.2, 0) is 6.18 Å². The minimum atomic E-state index is -4.39. The van der Waals surface area contributed by atoms with Crippen LogP contribution in [0.2, 0.25) is 5.02 Å². The van der Waals surface area contributed by atoms with Crippen molar-refractivity contribution in [2.45, 2.75) is 6.18 Å². The summed E-state index contributed by atoms with van der Waals surface area (Å²) in [6.07, 6.45) is -3.25. The van der Waals surface area contributed by atoms with E-state index in [-0.39, 0.29) is 10.8 Å². The standard InChI is InChI=1S/C11H7ClF3N3O/c12-8-9(16-5-17-10(8)19)18-7-3-1-6(2-4-7)11(13,14)15/h1-5H,(H2,16,17,18,19). The van der Waals surface area contributed by atoms with Crippen LogP contribution >= 0.6 is 11.6 Å². The van der Waals surface area contributed by atoms with Crippen molar-refractivity contribution in [3.05, 3.63) is 51.5 Å². The molecule has 1 aromatic heterocycles. The number of alkyl halides is 3. The molecule has 0 unspecified atom stereocenters. The molecule has 0 radical (unpaired) electrons. The van der Waals surface area contributed by atoms with E-state index in [0.717, 1.165) is 18.5 Å². The molecule has 0 aliphatic heterocycles. The highest BCUT2D eigenvalue weighted by Crippen LogP contribution is 2.30. The third-order valence-corrected chi connectivity index (χ3v) is 2.62. The van der Waals surface area contributed by atoms with Crippen LogP contribution in [0.5, 0.6) is 0 Å². The van der Waals surface area contributed by atoms with Gasteiger partial charge in [-0.05, 0) is 24.3 Å². The molecule has 8 heteroatoms. The largest absolute Gasteiger partial charge is 0.416 e. The van der Waals surface area contributed by atoms with E-state index in [9.17, 15) is 18.0 Å². The fourth-order valence-corrected chi connectivity index (χ4v) is 1.50. The zero-order valence-electron chi connectivity index (χ0n) is 9.25. The number of rotatable bonds is 2. The molecule has 0 atom stereocenters. The van der Waals surface area contributed by atoms with Crippen LogP contribution in [0.3, 0.4) is 0 Å². The van der Waals surface area contributed by atoms with Gasteiger partial charge in [0.25, 0.3) is 5.56 Å². The molecule has 0 saturated heterocycles. The molecule has 100 valence electrons. The summed E-state index contributed by atoms with van der Waals surface area (Å²) in [5.74, 6) is 0.0742. The normalized spacial score (nSPS) is 11.4. The molecule has 0 bridgehead atoms. The van der Waals surface area contributed by atoms with Crippen molar-refractivity contribution in [1.82, 2.24) is 9.97 Å². The van der Waals surface area contributed by atoms with Crippen LogP contribution in [0.25, 0.3) is 0 Å². The van der Waals surface area contributed by atoms with Crippen LogP contribution in [0.15, 0.2) is 35.4 Å². The molecule has 2 rings (SSSR count). The zero-order valence-corrected chi connectivity index (χ0v) is 10.0. The number of aromatic nitrogens is 2. The minimum absolute atomic E-state index is 0.0742. The predicted octanol–water partition coefficient (Wildman–Crippen LogP) is 3.19. The summed E-state index contributed by atoms with van der Waals surface area (Å²) < 4.78 is 37.1. The second-order valence-electron chi connectivity index (χ2n) is 3.59. The maximum Gasteiger partial charge on any atom is 0.416 e. The average molecular weight is 290 g/mol. The van der Waals surface area contributed by atoms with E-state index in [1.807, 2.05) is 0 Å². The number of anilines is 2. The van der Waals surface area contributed by atoms with Crippen LogP contribution < -0.4 is 10.9 Å². The van der Waals surface area contributed by atoms with E-state index in [1.54, 1.807) is 0 Å². The Labute approximate surface area is 110 Å². The quantitative estimate of drug-likeness (QED) is 0.892. The maximum atomic E-state index is 12.4. The molecule has 1 heterocycles. The van der Waals surface area contributed by atoms with Crippen LogP contribution in [0.4, 0.5) is 24.7 Å². The molecule has 0 fully saturated rings. The molecular formula is C11H7ClF3N3O. The highest BCUT2D eigenvalue weighted by Gasteiger charge is 2.29. The Kier molecular flexibility index (Phi) is 3.48. The van der Waals surface area contributed by atoms with Crippen LogP contribution in [0, 0.1) is 0 Å². The van der Waals surface area contributed by atoms with Gasteiger partial charge >= 0.3 is 6.18 Å². The van der Waals surface area contributed by atoms with Crippen molar-refractivity contribution >= 4 is 23.1 Å². The van der Waals surface area contributed by atoms with Gasteiger partial charge in [-0.1, -0.05) is 11.6 Å². The second kappa shape index (κ2) is 4.93. The van der Waals surface area contributed by atoms with Gasteiger partial charge in [-0.15, -0.1) is 0 Å². The van der Waals surface area contributed by atoms with Gasteiger partial charge in [0.15, 0.2) is 5.82 Å². The van der Waals surface area contributed by atoms with Crippen LogP contribution in [0.1, 0.15) is 5.56 Å². The molecule has 0 saturated carbocycles. The number of nitrogens with zero attached hydrogens (tertiary/aromatic N) is 1. The minimum Gasteiger partial charge on any atom is -0.339 e. The first-order valence-electron chi connectivity index (χ1n) is 5.05. The van der Waals surface area contributed by atoms with Gasteiger partial charge in [-0.3, -0.25) is 4.79 Å². The Morgan fingerprint density at radius 1 is 1.21 bits per heavy atom. The van der Waals surface area contributed by atoms with E-state index >= 15 is 0 Å². The van der Waals surface area contributed by atoms with Crippen molar-refractivity contribution < 1.29 is 13.2 Å². The first-order chi connectivity index (χ1) is 8.88. The second-order valence-corrected chi connectivity index (χ2v) is 3.97. The predicted molar refractivity (Wildman–Crippen MR) is 64.6 cm³/mol. The Balaban J connectivity index is 2.25. The molecule has 4 nitrogen and oxygen atoms in total. The first kappa shape index (κ1) is 13.4. The van der Waals surface area contributed by atoms with Crippen molar-refractivity contribution in [3.8, 4) is 0 Å². The lowest BCUT2D eigenvalue weighted by molar-refractivity contribution is -0.137. The highest BCUT2D eigenvalue weighted by atomic mass is 35.5. The molecule has 0 amide bonds. The lowest BCUT2D eigenvalue weighted by Crippen LogP contribution is -2.10.